The Morgan fingerprint density at radius 1 is 1.00 bits per heavy atom. The van der Waals surface area contributed by atoms with Gasteiger partial charge in [-0.15, -0.1) is 0 Å². The van der Waals surface area contributed by atoms with Crippen LogP contribution in [0.3, 0.4) is 0 Å². The summed E-state index contributed by atoms with van der Waals surface area (Å²) in [6.07, 6.45) is 1.55. The predicted octanol–water partition coefficient (Wildman–Crippen LogP) is 4.08. The van der Waals surface area contributed by atoms with Crippen molar-refractivity contribution in [3.8, 4) is 0 Å². The SMILES string of the molecule is CC(C(=O)Nc1cccc2c(=O)n(C(C(N)=O)C(C)C)ccc12)c1ccc(Cl)cc1. The van der Waals surface area contributed by atoms with Crippen molar-refractivity contribution >= 4 is 39.9 Å². The van der Waals surface area contributed by atoms with Crippen LogP contribution in [0, 0.1) is 5.92 Å². The molecule has 0 aliphatic carbocycles. The fourth-order valence-electron chi connectivity index (χ4n) is 3.55. The first-order valence-electron chi connectivity index (χ1n) is 9.70. The molecule has 2 atom stereocenters. The summed E-state index contributed by atoms with van der Waals surface area (Å²) in [7, 11) is 0. The molecule has 2 aromatic carbocycles. The van der Waals surface area contributed by atoms with Crippen LogP contribution in [0.25, 0.3) is 10.8 Å². The third-order valence-electron chi connectivity index (χ3n) is 5.22. The lowest BCUT2D eigenvalue weighted by atomic mass is 10.00. The second kappa shape index (κ2) is 8.71. The molecule has 30 heavy (non-hydrogen) atoms. The molecular weight excluding hydrogens is 402 g/mol. The number of carbonyl (C=O) groups excluding carboxylic acids is 2. The van der Waals surface area contributed by atoms with Crippen molar-refractivity contribution in [2.45, 2.75) is 32.7 Å². The largest absolute Gasteiger partial charge is 0.368 e. The van der Waals surface area contributed by atoms with E-state index in [4.69, 9.17) is 17.3 Å². The van der Waals surface area contributed by atoms with E-state index in [0.29, 0.717) is 21.5 Å². The van der Waals surface area contributed by atoms with Crippen molar-refractivity contribution in [1.29, 1.82) is 0 Å². The minimum absolute atomic E-state index is 0.138. The Morgan fingerprint density at radius 2 is 1.67 bits per heavy atom. The normalized spacial score (nSPS) is 13.2. The third kappa shape index (κ3) is 4.24. The lowest BCUT2D eigenvalue weighted by Gasteiger charge is -2.21. The molecule has 3 N–H and O–H groups in total. The number of pyridine rings is 1. The van der Waals surface area contributed by atoms with Gasteiger partial charge in [0.15, 0.2) is 0 Å². The number of aromatic nitrogens is 1. The molecule has 1 aromatic heterocycles. The van der Waals surface area contributed by atoms with E-state index in [1.165, 1.54) is 4.57 Å². The number of hydrogen-bond donors (Lipinski definition) is 2. The second-order valence-electron chi connectivity index (χ2n) is 7.65. The predicted molar refractivity (Wildman–Crippen MR) is 120 cm³/mol. The number of anilines is 1. The molecule has 0 aliphatic rings. The van der Waals surface area contributed by atoms with Gasteiger partial charge < -0.3 is 15.6 Å². The van der Waals surface area contributed by atoms with Crippen LogP contribution in [0.15, 0.2) is 59.5 Å². The van der Waals surface area contributed by atoms with E-state index in [-0.39, 0.29) is 17.4 Å². The van der Waals surface area contributed by atoms with E-state index in [1.54, 1.807) is 49.5 Å². The summed E-state index contributed by atoms with van der Waals surface area (Å²) in [5.41, 5.74) is 6.55. The Balaban J connectivity index is 1.97. The van der Waals surface area contributed by atoms with E-state index in [1.807, 2.05) is 26.0 Å². The molecule has 0 aliphatic heterocycles. The third-order valence-corrected chi connectivity index (χ3v) is 5.47. The van der Waals surface area contributed by atoms with Crippen LogP contribution < -0.4 is 16.6 Å². The van der Waals surface area contributed by atoms with Crippen molar-refractivity contribution < 1.29 is 9.59 Å². The average molecular weight is 426 g/mol. The number of nitrogens with zero attached hydrogens (tertiary/aromatic N) is 1. The number of rotatable bonds is 6. The number of hydrogen-bond acceptors (Lipinski definition) is 3. The van der Waals surface area contributed by atoms with E-state index >= 15 is 0 Å². The van der Waals surface area contributed by atoms with Crippen molar-refractivity contribution in [2.24, 2.45) is 11.7 Å². The molecule has 0 saturated carbocycles. The first-order chi connectivity index (χ1) is 14.2. The highest BCUT2D eigenvalue weighted by atomic mass is 35.5. The number of halogens is 1. The van der Waals surface area contributed by atoms with Crippen molar-refractivity contribution in [3.63, 3.8) is 0 Å². The van der Waals surface area contributed by atoms with Crippen LogP contribution in [0.4, 0.5) is 5.69 Å². The van der Waals surface area contributed by atoms with Gasteiger partial charge in [0.1, 0.15) is 6.04 Å². The molecule has 2 unspecified atom stereocenters. The highest BCUT2D eigenvalue weighted by molar-refractivity contribution is 6.30. The number of fused-ring (bicyclic) bond motifs is 1. The summed E-state index contributed by atoms with van der Waals surface area (Å²) in [5, 5.41) is 4.52. The van der Waals surface area contributed by atoms with Crippen LogP contribution in [-0.4, -0.2) is 16.4 Å². The quantitative estimate of drug-likeness (QED) is 0.623. The zero-order valence-corrected chi connectivity index (χ0v) is 17.8. The molecule has 0 radical (unpaired) electrons. The topological polar surface area (TPSA) is 94.2 Å². The summed E-state index contributed by atoms with van der Waals surface area (Å²) in [6.45, 7) is 5.47. The molecular formula is C23H24ClN3O3. The van der Waals surface area contributed by atoms with Gasteiger partial charge in [0.2, 0.25) is 11.8 Å². The molecule has 0 bridgehead atoms. The van der Waals surface area contributed by atoms with Crippen LogP contribution in [0.1, 0.15) is 38.3 Å². The van der Waals surface area contributed by atoms with Gasteiger partial charge in [-0.3, -0.25) is 14.4 Å². The Bertz CT molecular complexity index is 1150. The summed E-state index contributed by atoms with van der Waals surface area (Å²) >= 11 is 5.92. The van der Waals surface area contributed by atoms with Gasteiger partial charge in [-0.05, 0) is 48.7 Å². The number of primary amides is 1. The van der Waals surface area contributed by atoms with Gasteiger partial charge in [-0.25, -0.2) is 0 Å². The van der Waals surface area contributed by atoms with Gasteiger partial charge in [-0.1, -0.05) is 43.6 Å². The Labute approximate surface area is 179 Å². The Hall–Kier alpha value is -3.12. The van der Waals surface area contributed by atoms with Gasteiger partial charge in [0.05, 0.1) is 5.92 Å². The van der Waals surface area contributed by atoms with Gasteiger partial charge >= 0.3 is 0 Å². The van der Waals surface area contributed by atoms with Gasteiger partial charge in [-0.2, -0.15) is 0 Å². The van der Waals surface area contributed by atoms with E-state index in [2.05, 4.69) is 5.32 Å². The molecule has 156 valence electrons. The maximum absolute atomic E-state index is 13.0. The van der Waals surface area contributed by atoms with E-state index in [9.17, 15) is 14.4 Å². The molecule has 7 heteroatoms. The maximum Gasteiger partial charge on any atom is 0.259 e. The monoisotopic (exact) mass is 425 g/mol. The molecule has 3 rings (SSSR count). The molecule has 3 aromatic rings. The smallest absolute Gasteiger partial charge is 0.259 e. The second-order valence-corrected chi connectivity index (χ2v) is 8.09. The maximum atomic E-state index is 13.0. The number of carbonyl (C=O) groups is 2. The van der Waals surface area contributed by atoms with Gasteiger partial charge in [0, 0.05) is 27.7 Å². The van der Waals surface area contributed by atoms with Crippen molar-refractivity contribution in [2.75, 3.05) is 5.32 Å². The Kier molecular flexibility index (Phi) is 6.27. The van der Waals surface area contributed by atoms with Crippen LogP contribution in [0.2, 0.25) is 5.02 Å². The molecule has 0 saturated heterocycles. The summed E-state index contributed by atoms with van der Waals surface area (Å²) in [6, 6.07) is 13.2. The van der Waals surface area contributed by atoms with Crippen molar-refractivity contribution in [1.82, 2.24) is 4.57 Å². The number of amides is 2. The molecule has 0 fully saturated rings. The zero-order valence-electron chi connectivity index (χ0n) is 17.1. The highest BCUT2D eigenvalue weighted by Crippen LogP contribution is 2.25. The number of nitrogens with two attached hydrogens (primary N) is 1. The first-order valence-corrected chi connectivity index (χ1v) is 10.1. The van der Waals surface area contributed by atoms with Gasteiger partial charge in [0.25, 0.3) is 5.56 Å². The lowest BCUT2D eigenvalue weighted by Crippen LogP contribution is -2.36. The zero-order chi connectivity index (χ0) is 22.0. The number of benzene rings is 2. The fourth-order valence-corrected chi connectivity index (χ4v) is 3.68. The highest BCUT2D eigenvalue weighted by Gasteiger charge is 2.23. The summed E-state index contributed by atoms with van der Waals surface area (Å²) in [4.78, 5) is 37.7. The first kappa shape index (κ1) is 21.6. The molecule has 2 amide bonds. The van der Waals surface area contributed by atoms with Crippen molar-refractivity contribution in [3.05, 3.63) is 75.7 Å². The Morgan fingerprint density at radius 3 is 2.27 bits per heavy atom. The van der Waals surface area contributed by atoms with E-state index < -0.39 is 17.9 Å². The lowest BCUT2D eigenvalue weighted by molar-refractivity contribution is -0.122. The number of nitrogens with one attached hydrogen (secondary N) is 1. The van der Waals surface area contributed by atoms with Crippen LogP contribution in [0.5, 0.6) is 0 Å². The molecule has 1 heterocycles. The minimum Gasteiger partial charge on any atom is -0.368 e. The summed E-state index contributed by atoms with van der Waals surface area (Å²) < 4.78 is 1.36. The molecule has 6 nitrogen and oxygen atoms in total. The molecule has 0 spiro atoms. The minimum atomic E-state index is -0.745. The van der Waals surface area contributed by atoms with Crippen LogP contribution >= 0.6 is 11.6 Å². The average Bonchev–Trinajstić information content (AvgIpc) is 2.70. The fraction of sp³-hybridized carbons (Fsp3) is 0.261. The van der Waals surface area contributed by atoms with Crippen LogP contribution in [-0.2, 0) is 9.59 Å². The standard InChI is InChI=1S/C23H24ClN3O3/c1-13(2)20(21(25)28)27-12-11-17-18(23(27)30)5-4-6-19(17)26-22(29)14(3)15-7-9-16(24)10-8-15/h4-14,20H,1-3H3,(H2,25,28)(H,26,29). The van der Waals surface area contributed by atoms with E-state index in [0.717, 1.165) is 5.56 Å². The summed E-state index contributed by atoms with van der Waals surface area (Å²) in [5.74, 6) is -1.31.